The van der Waals surface area contributed by atoms with Gasteiger partial charge >= 0.3 is 0 Å². The Bertz CT molecular complexity index is 768. The molecule has 5 heteroatoms. The smallest absolute Gasteiger partial charge is 0.216 e. The van der Waals surface area contributed by atoms with Crippen LogP contribution in [0.2, 0.25) is 0 Å². The molecule has 1 aliphatic carbocycles. The van der Waals surface area contributed by atoms with E-state index in [2.05, 4.69) is 51.9 Å². The number of rotatable bonds is 1. The van der Waals surface area contributed by atoms with Crippen LogP contribution in [-0.4, -0.2) is 20.2 Å². The van der Waals surface area contributed by atoms with E-state index in [9.17, 15) is 4.79 Å². The second-order valence-electron chi connectivity index (χ2n) is 5.50. The molecular weight excluding hydrogens is 282 g/mol. The van der Waals surface area contributed by atoms with Crippen molar-refractivity contribution in [3.63, 3.8) is 0 Å². The molecule has 106 valence electrons. The quantitative estimate of drug-likeness (QED) is 0.745. The number of thioether (sulfide) groups is 1. The highest BCUT2D eigenvalue weighted by molar-refractivity contribution is 8.13. The number of allylic oxidation sites excluding steroid dienone is 4. The number of nitrogens with zero attached hydrogens (tertiary/aromatic N) is 3. The first kappa shape index (κ1) is 12.7. The molecule has 0 bridgehead atoms. The van der Waals surface area contributed by atoms with E-state index >= 15 is 0 Å². The molecule has 4 nitrogen and oxygen atoms in total. The molecule has 0 radical (unpaired) electrons. The zero-order valence-electron chi connectivity index (χ0n) is 11.9. The zero-order chi connectivity index (χ0) is 14.6. The highest BCUT2D eigenvalue weighted by atomic mass is 32.2. The van der Waals surface area contributed by atoms with Gasteiger partial charge in [0.1, 0.15) is 10.6 Å². The van der Waals surface area contributed by atoms with E-state index in [1.165, 1.54) is 23.0 Å². The fraction of sp³-hybridized carbons (Fsp3) is 0.250. The minimum absolute atomic E-state index is 0.0754. The van der Waals surface area contributed by atoms with Crippen LogP contribution < -0.4 is 4.90 Å². The molecule has 0 fully saturated rings. The Hall–Kier alpha value is -2.01. The van der Waals surface area contributed by atoms with Crippen molar-refractivity contribution in [3.05, 3.63) is 48.4 Å². The fourth-order valence-corrected chi connectivity index (χ4v) is 3.88. The van der Waals surface area contributed by atoms with Crippen LogP contribution in [0.25, 0.3) is 5.70 Å². The van der Waals surface area contributed by atoms with Crippen LogP contribution in [0.4, 0.5) is 5.95 Å². The van der Waals surface area contributed by atoms with Gasteiger partial charge in [0.15, 0.2) is 5.12 Å². The number of aromatic nitrogens is 2. The first-order valence-electron chi connectivity index (χ1n) is 6.93. The summed E-state index contributed by atoms with van der Waals surface area (Å²) in [6.45, 7) is 3.70. The van der Waals surface area contributed by atoms with E-state index in [-0.39, 0.29) is 10.7 Å². The Kier molecular flexibility index (Phi) is 2.57. The second kappa shape index (κ2) is 4.24. The molecule has 0 saturated carbocycles. The van der Waals surface area contributed by atoms with Gasteiger partial charge in [0.25, 0.3) is 0 Å². The lowest BCUT2D eigenvalue weighted by Crippen LogP contribution is -2.43. The number of fused-ring (bicyclic) bond motifs is 3. The maximum Gasteiger partial charge on any atom is 0.216 e. The molecule has 1 aromatic rings. The molecule has 3 aliphatic rings. The summed E-state index contributed by atoms with van der Waals surface area (Å²) >= 11 is 1.24. The summed E-state index contributed by atoms with van der Waals surface area (Å²) in [5.74, 6) is 0.883. The summed E-state index contributed by atoms with van der Waals surface area (Å²) in [4.78, 5) is 18.2. The Labute approximate surface area is 127 Å². The molecule has 3 heterocycles. The standard InChI is InChI=1S/C16H15N3OS/c1-11-5-7-16-6-3-4-8-18(16)15-17-10-14(21-12(2)20)19(15)13(16)9-11/h3-6,8-10H,7H2,1-2H3. The minimum Gasteiger partial charge on any atom is -0.303 e. The van der Waals surface area contributed by atoms with Crippen molar-refractivity contribution >= 4 is 28.5 Å². The van der Waals surface area contributed by atoms with Crippen molar-refractivity contribution in [2.45, 2.75) is 30.8 Å². The Morgan fingerprint density at radius 2 is 2.29 bits per heavy atom. The lowest BCUT2D eigenvalue weighted by molar-refractivity contribution is -0.109. The summed E-state index contributed by atoms with van der Waals surface area (Å²) in [5, 5.41) is 0.959. The summed E-state index contributed by atoms with van der Waals surface area (Å²) < 4.78 is 2.11. The van der Waals surface area contributed by atoms with Gasteiger partial charge in [-0.2, -0.15) is 0 Å². The third kappa shape index (κ3) is 1.64. The molecule has 2 aliphatic heterocycles. The molecule has 1 atom stereocenters. The molecule has 0 amide bonds. The second-order valence-corrected chi connectivity index (χ2v) is 6.70. The first-order chi connectivity index (χ1) is 10.1. The van der Waals surface area contributed by atoms with Crippen LogP contribution in [-0.2, 0) is 4.79 Å². The third-order valence-corrected chi connectivity index (χ3v) is 4.89. The summed E-state index contributed by atoms with van der Waals surface area (Å²) in [6.07, 6.45) is 15.5. The fourth-order valence-electron chi connectivity index (χ4n) is 3.21. The lowest BCUT2D eigenvalue weighted by atomic mass is 9.83. The SMILES string of the molecule is CC(=O)Sc1cnc2n1C1=CC(C)=CCC13C=CC=CN23. The Morgan fingerprint density at radius 3 is 3.10 bits per heavy atom. The molecule has 0 saturated heterocycles. The van der Waals surface area contributed by atoms with Crippen molar-refractivity contribution in [2.75, 3.05) is 4.90 Å². The van der Waals surface area contributed by atoms with Gasteiger partial charge in [-0.05, 0) is 37.3 Å². The van der Waals surface area contributed by atoms with E-state index in [0.29, 0.717) is 0 Å². The van der Waals surface area contributed by atoms with Crippen LogP contribution >= 0.6 is 11.8 Å². The van der Waals surface area contributed by atoms with Crippen LogP contribution in [0.5, 0.6) is 0 Å². The number of hydrogen-bond donors (Lipinski definition) is 0. The summed E-state index contributed by atoms with van der Waals surface area (Å²) in [5.41, 5.74) is 2.24. The molecule has 1 spiro atoms. The predicted molar refractivity (Wildman–Crippen MR) is 84.9 cm³/mol. The number of carbonyl (C=O) groups is 1. The van der Waals surface area contributed by atoms with Gasteiger partial charge in [0, 0.05) is 13.1 Å². The summed E-state index contributed by atoms with van der Waals surface area (Å²) in [7, 11) is 0. The van der Waals surface area contributed by atoms with Crippen molar-refractivity contribution in [2.24, 2.45) is 0 Å². The molecule has 21 heavy (non-hydrogen) atoms. The van der Waals surface area contributed by atoms with Crippen LogP contribution in [0, 0.1) is 0 Å². The van der Waals surface area contributed by atoms with Crippen molar-refractivity contribution < 1.29 is 4.79 Å². The molecule has 0 aromatic carbocycles. The normalized spacial score (nSPS) is 25.1. The van der Waals surface area contributed by atoms with Crippen LogP contribution in [0.15, 0.2) is 53.4 Å². The average Bonchev–Trinajstić information content (AvgIpc) is 2.96. The van der Waals surface area contributed by atoms with E-state index in [1.54, 1.807) is 13.1 Å². The maximum absolute atomic E-state index is 11.5. The topological polar surface area (TPSA) is 38.1 Å². The average molecular weight is 297 g/mol. The molecular formula is C16H15N3OS. The third-order valence-electron chi connectivity index (χ3n) is 4.11. The molecule has 1 aromatic heterocycles. The van der Waals surface area contributed by atoms with Crippen molar-refractivity contribution in [1.29, 1.82) is 0 Å². The predicted octanol–water partition coefficient (Wildman–Crippen LogP) is 3.35. The lowest BCUT2D eigenvalue weighted by Gasteiger charge is -2.37. The highest BCUT2D eigenvalue weighted by Crippen LogP contribution is 2.50. The maximum atomic E-state index is 11.5. The molecule has 1 unspecified atom stereocenters. The van der Waals surface area contributed by atoms with Gasteiger partial charge in [-0.3, -0.25) is 9.36 Å². The van der Waals surface area contributed by atoms with Crippen molar-refractivity contribution in [3.8, 4) is 0 Å². The van der Waals surface area contributed by atoms with Gasteiger partial charge in [-0.1, -0.05) is 23.8 Å². The van der Waals surface area contributed by atoms with Gasteiger partial charge < -0.3 is 4.90 Å². The van der Waals surface area contributed by atoms with Crippen LogP contribution in [0.3, 0.4) is 0 Å². The first-order valence-corrected chi connectivity index (χ1v) is 7.74. The van der Waals surface area contributed by atoms with E-state index in [4.69, 9.17) is 0 Å². The number of anilines is 1. The van der Waals surface area contributed by atoms with Crippen molar-refractivity contribution in [1.82, 2.24) is 9.55 Å². The number of carbonyl (C=O) groups excluding carboxylic acids is 1. The van der Waals surface area contributed by atoms with Gasteiger partial charge in [0.05, 0.1) is 11.9 Å². The largest absolute Gasteiger partial charge is 0.303 e. The summed E-state index contributed by atoms with van der Waals surface area (Å²) in [6, 6.07) is 0. The van der Waals surface area contributed by atoms with Gasteiger partial charge in [0.2, 0.25) is 5.95 Å². The van der Waals surface area contributed by atoms with Crippen LogP contribution in [0.1, 0.15) is 20.3 Å². The molecule has 4 rings (SSSR count). The monoisotopic (exact) mass is 297 g/mol. The highest BCUT2D eigenvalue weighted by Gasteiger charge is 2.48. The van der Waals surface area contributed by atoms with E-state index in [1.807, 2.05) is 6.08 Å². The van der Waals surface area contributed by atoms with Gasteiger partial charge in [-0.15, -0.1) is 0 Å². The Balaban J connectivity index is 1.95. The minimum atomic E-state index is -0.191. The van der Waals surface area contributed by atoms with E-state index < -0.39 is 0 Å². The molecule has 0 N–H and O–H groups in total. The Morgan fingerprint density at radius 1 is 1.43 bits per heavy atom. The number of hydrogen-bond acceptors (Lipinski definition) is 4. The van der Waals surface area contributed by atoms with Gasteiger partial charge in [-0.25, -0.2) is 4.98 Å². The van der Waals surface area contributed by atoms with E-state index in [0.717, 1.165) is 17.4 Å². The zero-order valence-corrected chi connectivity index (χ0v) is 12.7. The number of imidazole rings is 1.